The highest BCUT2D eigenvalue weighted by Gasteiger charge is 2.20. The fraction of sp³-hybridized carbons (Fsp3) is 0.636. The van der Waals surface area contributed by atoms with E-state index >= 15 is 0 Å². The molecule has 3 rings (SSSR count). The Balaban J connectivity index is 0.00000320. The number of halogens is 1. The van der Waals surface area contributed by atoms with Crippen molar-refractivity contribution in [1.82, 2.24) is 15.5 Å². The van der Waals surface area contributed by atoms with Crippen molar-refractivity contribution in [1.29, 1.82) is 0 Å². The maximum Gasteiger partial charge on any atom is 0.242 e. The molecule has 0 radical (unpaired) electrons. The van der Waals surface area contributed by atoms with Crippen LogP contribution in [0.1, 0.15) is 30.4 Å². The van der Waals surface area contributed by atoms with Gasteiger partial charge in [-0.25, -0.2) is 0 Å². The van der Waals surface area contributed by atoms with E-state index in [1.165, 1.54) is 11.1 Å². The summed E-state index contributed by atoms with van der Waals surface area (Å²) in [5, 5.41) is 6.38. The Kier molecular flexibility index (Phi) is 11.5. The number of fused-ring (bicyclic) bond motifs is 1. The lowest BCUT2D eigenvalue weighted by Gasteiger charge is -2.29. The summed E-state index contributed by atoms with van der Waals surface area (Å²) in [5.74, 6) is 1.39. The van der Waals surface area contributed by atoms with Crippen LogP contribution in [0.25, 0.3) is 0 Å². The number of carbonyl (C=O) groups is 1. The first kappa shape index (κ1) is 24.9. The van der Waals surface area contributed by atoms with Crippen LogP contribution >= 0.6 is 24.0 Å². The van der Waals surface area contributed by atoms with E-state index in [4.69, 9.17) is 9.47 Å². The van der Waals surface area contributed by atoms with Crippen LogP contribution in [-0.2, 0) is 27.2 Å². The first-order chi connectivity index (χ1) is 14.3. The number of guanidine groups is 1. The number of benzene rings is 1. The second-order valence-corrected chi connectivity index (χ2v) is 7.67. The Bertz CT molecular complexity index is 680. The molecule has 1 aromatic rings. The molecule has 0 aliphatic carbocycles. The average Bonchev–Trinajstić information content (AvgIpc) is 2.78. The van der Waals surface area contributed by atoms with Gasteiger partial charge in [0.15, 0.2) is 5.96 Å². The van der Waals surface area contributed by atoms with Crippen LogP contribution in [-0.4, -0.2) is 69.9 Å². The quantitative estimate of drug-likeness (QED) is 0.233. The van der Waals surface area contributed by atoms with Crippen LogP contribution in [0.3, 0.4) is 0 Å². The standard InChI is InChI=1S/C22H34N4O3.HI/c1-23-22(24-10-4-12-29-17-18-8-13-28-14-9-18)25-15-21(27)26-11-7-19-5-2-3-6-20(19)16-26;/h2-3,5-6,18H,4,7-17H2,1H3,(H2,23,24,25);1H. The van der Waals surface area contributed by atoms with Crippen molar-refractivity contribution in [3.8, 4) is 0 Å². The molecule has 0 aromatic heterocycles. The highest BCUT2D eigenvalue weighted by molar-refractivity contribution is 14.0. The van der Waals surface area contributed by atoms with Gasteiger partial charge in [0.1, 0.15) is 0 Å². The van der Waals surface area contributed by atoms with Crippen molar-refractivity contribution in [3.63, 3.8) is 0 Å². The van der Waals surface area contributed by atoms with Crippen molar-refractivity contribution >= 4 is 35.8 Å². The van der Waals surface area contributed by atoms with Crippen molar-refractivity contribution in [2.24, 2.45) is 10.9 Å². The van der Waals surface area contributed by atoms with E-state index < -0.39 is 0 Å². The largest absolute Gasteiger partial charge is 0.381 e. The van der Waals surface area contributed by atoms with E-state index in [9.17, 15) is 4.79 Å². The summed E-state index contributed by atoms with van der Waals surface area (Å²) in [6.45, 7) is 5.75. The minimum Gasteiger partial charge on any atom is -0.381 e. The minimum atomic E-state index is 0. The maximum absolute atomic E-state index is 12.5. The molecule has 2 aliphatic rings. The molecular formula is C22H35IN4O3. The summed E-state index contributed by atoms with van der Waals surface area (Å²) in [5.41, 5.74) is 2.59. The zero-order chi connectivity index (χ0) is 20.3. The Morgan fingerprint density at radius 3 is 2.77 bits per heavy atom. The predicted molar refractivity (Wildman–Crippen MR) is 129 cm³/mol. The molecule has 2 heterocycles. The average molecular weight is 530 g/mol. The van der Waals surface area contributed by atoms with Gasteiger partial charge in [-0.2, -0.15) is 0 Å². The molecule has 8 heteroatoms. The summed E-state index contributed by atoms with van der Waals surface area (Å²) in [6.07, 6.45) is 4.03. The van der Waals surface area contributed by atoms with E-state index in [-0.39, 0.29) is 36.4 Å². The van der Waals surface area contributed by atoms with Gasteiger partial charge in [0, 0.05) is 53.1 Å². The van der Waals surface area contributed by atoms with Crippen molar-refractivity contribution in [2.45, 2.75) is 32.2 Å². The lowest BCUT2D eigenvalue weighted by Crippen LogP contribution is -2.46. The number of ether oxygens (including phenoxy) is 2. The zero-order valence-corrected chi connectivity index (χ0v) is 20.2. The number of carbonyl (C=O) groups excluding carboxylic acids is 1. The Hall–Kier alpha value is -1.39. The number of hydrogen-bond donors (Lipinski definition) is 2. The van der Waals surface area contributed by atoms with Gasteiger partial charge in [-0.1, -0.05) is 24.3 Å². The smallest absolute Gasteiger partial charge is 0.242 e. The summed E-state index contributed by atoms with van der Waals surface area (Å²) in [6, 6.07) is 8.34. The van der Waals surface area contributed by atoms with Gasteiger partial charge in [0.05, 0.1) is 6.54 Å². The van der Waals surface area contributed by atoms with Gasteiger partial charge in [-0.15, -0.1) is 24.0 Å². The van der Waals surface area contributed by atoms with Gasteiger partial charge in [-0.3, -0.25) is 9.79 Å². The van der Waals surface area contributed by atoms with E-state index in [0.29, 0.717) is 18.4 Å². The van der Waals surface area contributed by atoms with Crippen LogP contribution < -0.4 is 10.6 Å². The molecule has 0 unspecified atom stereocenters. The molecular weight excluding hydrogens is 495 g/mol. The Labute approximate surface area is 197 Å². The second-order valence-electron chi connectivity index (χ2n) is 7.67. The normalized spacial score (nSPS) is 17.1. The van der Waals surface area contributed by atoms with Gasteiger partial charge in [-0.05, 0) is 42.7 Å². The highest BCUT2D eigenvalue weighted by Crippen LogP contribution is 2.18. The van der Waals surface area contributed by atoms with E-state index in [0.717, 1.165) is 65.2 Å². The van der Waals surface area contributed by atoms with E-state index in [1.54, 1.807) is 7.05 Å². The third-order valence-electron chi connectivity index (χ3n) is 5.57. The lowest BCUT2D eigenvalue weighted by atomic mass is 10.00. The third-order valence-corrected chi connectivity index (χ3v) is 5.57. The second kappa shape index (κ2) is 13.8. The number of hydrogen-bond acceptors (Lipinski definition) is 4. The van der Waals surface area contributed by atoms with Crippen LogP contribution in [0.4, 0.5) is 0 Å². The van der Waals surface area contributed by atoms with E-state index in [2.05, 4.69) is 33.8 Å². The SMILES string of the molecule is CN=C(NCCCOCC1CCOCC1)NCC(=O)N1CCc2ccccc2C1.I. The van der Waals surface area contributed by atoms with Gasteiger partial charge < -0.3 is 25.0 Å². The predicted octanol–water partition coefficient (Wildman–Crippen LogP) is 2.19. The molecule has 0 spiro atoms. The summed E-state index contributed by atoms with van der Waals surface area (Å²) in [4.78, 5) is 18.7. The van der Waals surface area contributed by atoms with Gasteiger partial charge >= 0.3 is 0 Å². The maximum atomic E-state index is 12.5. The van der Waals surface area contributed by atoms with E-state index in [1.807, 2.05) is 11.0 Å². The Morgan fingerprint density at radius 1 is 1.23 bits per heavy atom. The van der Waals surface area contributed by atoms with Crippen LogP contribution in [0.15, 0.2) is 29.3 Å². The van der Waals surface area contributed by atoms with Crippen molar-refractivity contribution in [2.75, 3.05) is 53.1 Å². The first-order valence-corrected chi connectivity index (χ1v) is 10.7. The Morgan fingerprint density at radius 2 is 2.00 bits per heavy atom. The number of amides is 1. The van der Waals surface area contributed by atoms with Crippen LogP contribution in [0, 0.1) is 5.92 Å². The molecule has 7 nitrogen and oxygen atoms in total. The molecule has 0 atom stereocenters. The number of aliphatic imine (C=N–C) groups is 1. The molecule has 0 bridgehead atoms. The molecule has 1 aromatic carbocycles. The summed E-state index contributed by atoms with van der Waals surface area (Å²) in [7, 11) is 1.72. The molecule has 0 saturated carbocycles. The molecule has 1 saturated heterocycles. The first-order valence-electron chi connectivity index (χ1n) is 10.7. The fourth-order valence-corrected chi connectivity index (χ4v) is 3.74. The molecule has 30 heavy (non-hydrogen) atoms. The van der Waals surface area contributed by atoms with Crippen LogP contribution in [0.2, 0.25) is 0 Å². The third kappa shape index (κ3) is 8.03. The topological polar surface area (TPSA) is 75.2 Å². The van der Waals surface area contributed by atoms with Crippen molar-refractivity contribution < 1.29 is 14.3 Å². The number of nitrogens with zero attached hydrogens (tertiary/aromatic N) is 2. The molecule has 2 N–H and O–H groups in total. The molecule has 2 aliphatic heterocycles. The summed E-state index contributed by atoms with van der Waals surface area (Å²) >= 11 is 0. The van der Waals surface area contributed by atoms with Crippen LogP contribution in [0.5, 0.6) is 0 Å². The molecule has 1 amide bonds. The zero-order valence-electron chi connectivity index (χ0n) is 17.9. The fourth-order valence-electron chi connectivity index (χ4n) is 3.74. The number of nitrogens with one attached hydrogen (secondary N) is 2. The van der Waals surface area contributed by atoms with Gasteiger partial charge in [0.25, 0.3) is 0 Å². The number of rotatable bonds is 8. The molecule has 168 valence electrons. The monoisotopic (exact) mass is 530 g/mol. The summed E-state index contributed by atoms with van der Waals surface area (Å²) < 4.78 is 11.1. The lowest BCUT2D eigenvalue weighted by molar-refractivity contribution is -0.130. The van der Waals surface area contributed by atoms with Gasteiger partial charge in [0.2, 0.25) is 5.91 Å². The minimum absolute atomic E-state index is 0. The van der Waals surface area contributed by atoms with Crippen molar-refractivity contribution in [3.05, 3.63) is 35.4 Å². The molecule has 1 fully saturated rings. The highest BCUT2D eigenvalue weighted by atomic mass is 127.